The zero-order valence-electron chi connectivity index (χ0n) is 8.27. The summed E-state index contributed by atoms with van der Waals surface area (Å²) in [5.41, 5.74) is -1.26. The highest BCUT2D eigenvalue weighted by Gasteiger charge is 2.43. The molecule has 0 radical (unpaired) electrons. The Morgan fingerprint density at radius 1 is 1.29 bits per heavy atom. The standard InChI is InChI=1S/C8H13F3O3/c1-4-13-5-7(2,3)14-6(12)8(9,10)11/h4-5H2,1-3H3. The van der Waals surface area contributed by atoms with Crippen LogP contribution in [0.4, 0.5) is 13.2 Å². The van der Waals surface area contributed by atoms with Crippen LogP contribution in [0.25, 0.3) is 0 Å². The van der Waals surface area contributed by atoms with Gasteiger partial charge in [-0.1, -0.05) is 0 Å². The van der Waals surface area contributed by atoms with Crippen LogP contribution in [0.15, 0.2) is 0 Å². The van der Waals surface area contributed by atoms with Crippen molar-refractivity contribution in [2.45, 2.75) is 32.5 Å². The quantitative estimate of drug-likeness (QED) is 0.670. The van der Waals surface area contributed by atoms with Crippen LogP contribution in [-0.4, -0.2) is 31.0 Å². The van der Waals surface area contributed by atoms with E-state index in [2.05, 4.69) is 4.74 Å². The van der Waals surface area contributed by atoms with Gasteiger partial charge in [0.25, 0.3) is 0 Å². The number of hydrogen-bond donors (Lipinski definition) is 0. The molecule has 84 valence electrons. The van der Waals surface area contributed by atoms with Crippen molar-refractivity contribution < 1.29 is 27.4 Å². The van der Waals surface area contributed by atoms with Crippen LogP contribution in [0.1, 0.15) is 20.8 Å². The molecule has 0 saturated heterocycles. The Hall–Kier alpha value is -0.780. The third-order valence-electron chi connectivity index (χ3n) is 1.25. The van der Waals surface area contributed by atoms with Crippen molar-refractivity contribution in [3.63, 3.8) is 0 Å². The highest BCUT2D eigenvalue weighted by Crippen LogP contribution is 2.21. The molecule has 0 aliphatic heterocycles. The first-order valence-corrected chi connectivity index (χ1v) is 4.07. The third-order valence-corrected chi connectivity index (χ3v) is 1.25. The Morgan fingerprint density at radius 2 is 1.79 bits per heavy atom. The van der Waals surface area contributed by atoms with Crippen LogP contribution in [0.2, 0.25) is 0 Å². The molecule has 0 aliphatic carbocycles. The summed E-state index contributed by atoms with van der Waals surface area (Å²) in [5.74, 6) is -2.19. The van der Waals surface area contributed by atoms with Crippen LogP contribution in [0.3, 0.4) is 0 Å². The van der Waals surface area contributed by atoms with Crippen molar-refractivity contribution in [1.29, 1.82) is 0 Å². The Labute approximate surface area is 80.2 Å². The lowest BCUT2D eigenvalue weighted by molar-refractivity contribution is -0.215. The summed E-state index contributed by atoms with van der Waals surface area (Å²) in [6, 6.07) is 0. The van der Waals surface area contributed by atoms with E-state index in [1.54, 1.807) is 6.92 Å². The molecular formula is C8H13F3O3. The molecule has 0 spiro atoms. The molecule has 0 rings (SSSR count). The van der Waals surface area contributed by atoms with E-state index in [4.69, 9.17) is 4.74 Å². The van der Waals surface area contributed by atoms with E-state index in [1.165, 1.54) is 13.8 Å². The molecule has 0 fully saturated rings. The number of carbonyl (C=O) groups is 1. The molecule has 0 aliphatic rings. The van der Waals surface area contributed by atoms with Crippen LogP contribution in [0.5, 0.6) is 0 Å². The minimum absolute atomic E-state index is 0.0642. The number of alkyl halides is 3. The fourth-order valence-electron chi connectivity index (χ4n) is 0.686. The van der Waals surface area contributed by atoms with Crippen LogP contribution in [0, 0.1) is 0 Å². The third kappa shape index (κ3) is 5.06. The first-order valence-electron chi connectivity index (χ1n) is 4.07. The number of hydrogen-bond acceptors (Lipinski definition) is 3. The maximum Gasteiger partial charge on any atom is 0.490 e. The summed E-state index contributed by atoms with van der Waals surface area (Å²) in [5, 5.41) is 0. The van der Waals surface area contributed by atoms with E-state index in [-0.39, 0.29) is 6.61 Å². The van der Waals surface area contributed by atoms with Gasteiger partial charge in [0.2, 0.25) is 0 Å². The molecule has 0 heterocycles. The number of esters is 1. The van der Waals surface area contributed by atoms with Crippen molar-refractivity contribution in [3.05, 3.63) is 0 Å². The zero-order valence-corrected chi connectivity index (χ0v) is 8.27. The molecule has 3 nitrogen and oxygen atoms in total. The highest BCUT2D eigenvalue weighted by molar-refractivity contribution is 5.76. The van der Waals surface area contributed by atoms with E-state index in [0.29, 0.717) is 6.61 Å². The summed E-state index contributed by atoms with van der Waals surface area (Å²) >= 11 is 0. The maximum atomic E-state index is 11.8. The summed E-state index contributed by atoms with van der Waals surface area (Å²) in [6.07, 6.45) is -4.95. The average Bonchev–Trinajstić information content (AvgIpc) is 1.98. The van der Waals surface area contributed by atoms with Gasteiger partial charge in [0.1, 0.15) is 5.60 Å². The van der Waals surface area contributed by atoms with Gasteiger partial charge in [-0.3, -0.25) is 0 Å². The summed E-state index contributed by atoms with van der Waals surface area (Å²) in [7, 11) is 0. The Bertz CT molecular complexity index is 198. The highest BCUT2D eigenvalue weighted by atomic mass is 19.4. The van der Waals surface area contributed by atoms with Gasteiger partial charge >= 0.3 is 12.1 Å². The molecule has 0 N–H and O–H groups in total. The van der Waals surface area contributed by atoms with Crippen LogP contribution >= 0.6 is 0 Å². The monoisotopic (exact) mass is 214 g/mol. The zero-order chi connectivity index (χ0) is 11.4. The van der Waals surface area contributed by atoms with E-state index < -0.39 is 17.7 Å². The lowest BCUT2D eigenvalue weighted by Gasteiger charge is -2.25. The Balaban J connectivity index is 4.15. The first-order chi connectivity index (χ1) is 6.19. The Kier molecular flexibility index (Phi) is 4.38. The van der Waals surface area contributed by atoms with Gasteiger partial charge in [-0.25, -0.2) is 4.79 Å². The molecule has 6 heteroatoms. The summed E-state index contributed by atoms with van der Waals surface area (Å²) in [6.45, 7) is 4.69. The smallest absolute Gasteiger partial charge is 0.451 e. The second kappa shape index (κ2) is 4.63. The van der Waals surface area contributed by atoms with Gasteiger partial charge in [0.05, 0.1) is 6.61 Å². The van der Waals surface area contributed by atoms with E-state index >= 15 is 0 Å². The molecule has 0 amide bonds. The van der Waals surface area contributed by atoms with Crippen molar-refractivity contribution in [3.8, 4) is 0 Å². The molecule has 0 unspecified atom stereocenters. The second-order valence-corrected chi connectivity index (χ2v) is 3.28. The van der Waals surface area contributed by atoms with Gasteiger partial charge < -0.3 is 9.47 Å². The molecule has 0 saturated carbocycles. The van der Waals surface area contributed by atoms with E-state index in [1.807, 2.05) is 0 Å². The number of carbonyl (C=O) groups excluding carboxylic acids is 1. The number of ether oxygens (including phenoxy) is 2. The lowest BCUT2D eigenvalue weighted by Crippen LogP contribution is -2.38. The number of rotatable bonds is 4. The van der Waals surface area contributed by atoms with Crippen LogP contribution in [-0.2, 0) is 14.3 Å². The second-order valence-electron chi connectivity index (χ2n) is 3.28. The molecule has 0 bridgehead atoms. The van der Waals surface area contributed by atoms with Crippen molar-refractivity contribution in [2.24, 2.45) is 0 Å². The summed E-state index contributed by atoms with van der Waals surface area (Å²) in [4.78, 5) is 10.4. The van der Waals surface area contributed by atoms with Gasteiger partial charge in [-0.15, -0.1) is 0 Å². The predicted octanol–water partition coefficient (Wildman–Crippen LogP) is 1.91. The first kappa shape index (κ1) is 13.2. The maximum absolute atomic E-state index is 11.8. The minimum atomic E-state index is -4.95. The average molecular weight is 214 g/mol. The molecule has 0 atom stereocenters. The van der Waals surface area contributed by atoms with Gasteiger partial charge in [0, 0.05) is 6.61 Å². The van der Waals surface area contributed by atoms with Gasteiger partial charge in [0.15, 0.2) is 0 Å². The Morgan fingerprint density at radius 3 is 2.14 bits per heavy atom. The fourth-order valence-corrected chi connectivity index (χ4v) is 0.686. The van der Waals surface area contributed by atoms with Crippen molar-refractivity contribution in [2.75, 3.05) is 13.2 Å². The van der Waals surface area contributed by atoms with E-state index in [0.717, 1.165) is 0 Å². The van der Waals surface area contributed by atoms with Crippen LogP contribution < -0.4 is 0 Å². The topological polar surface area (TPSA) is 35.5 Å². The van der Waals surface area contributed by atoms with Gasteiger partial charge in [-0.2, -0.15) is 13.2 Å². The molecule has 0 aromatic heterocycles. The van der Waals surface area contributed by atoms with E-state index in [9.17, 15) is 18.0 Å². The van der Waals surface area contributed by atoms with Crippen molar-refractivity contribution in [1.82, 2.24) is 0 Å². The SMILES string of the molecule is CCOCC(C)(C)OC(=O)C(F)(F)F. The lowest BCUT2D eigenvalue weighted by atomic mass is 10.1. The summed E-state index contributed by atoms with van der Waals surface area (Å²) < 4.78 is 44.4. The normalized spacial score (nSPS) is 12.7. The number of halogens is 3. The van der Waals surface area contributed by atoms with Gasteiger partial charge in [-0.05, 0) is 20.8 Å². The molecule has 0 aromatic rings. The fraction of sp³-hybridized carbons (Fsp3) is 0.875. The molecule has 0 aromatic carbocycles. The predicted molar refractivity (Wildman–Crippen MR) is 42.7 cm³/mol. The molecule has 14 heavy (non-hydrogen) atoms. The minimum Gasteiger partial charge on any atom is -0.451 e. The molecular weight excluding hydrogens is 201 g/mol. The largest absolute Gasteiger partial charge is 0.490 e. The van der Waals surface area contributed by atoms with Crippen molar-refractivity contribution >= 4 is 5.97 Å².